The Hall–Kier alpha value is -2.97. The van der Waals surface area contributed by atoms with Crippen LogP contribution in [0.15, 0.2) is 35.9 Å². The van der Waals surface area contributed by atoms with E-state index in [0.717, 1.165) is 44.3 Å². The van der Waals surface area contributed by atoms with Crippen LogP contribution in [0.3, 0.4) is 0 Å². The molecule has 0 amide bonds. The molecule has 2 aromatic rings. The number of nitrogens with zero attached hydrogens (tertiary/aromatic N) is 2. The number of aryl methyl sites for hydroxylation is 1. The molecule has 1 saturated carbocycles. The number of ether oxygens (including phenoxy) is 1. The number of halogens is 2. The molecule has 3 N–H and O–H groups in total. The second kappa shape index (κ2) is 9.82. The van der Waals surface area contributed by atoms with Gasteiger partial charge in [-0.05, 0) is 69.7 Å². The maximum Gasteiger partial charge on any atom is 0.337 e. The van der Waals surface area contributed by atoms with Crippen molar-refractivity contribution in [2.75, 3.05) is 11.5 Å². The number of aromatic nitrogens is 1. The first-order valence-electron chi connectivity index (χ1n) is 12.3. The van der Waals surface area contributed by atoms with Crippen molar-refractivity contribution in [2.45, 2.75) is 63.6 Å². The van der Waals surface area contributed by atoms with Crippen molar-refractivity contribution in [3.8, 4) is 0 Å². The van der Waals surface area contributed by atoms with Gasteiger partial charge in [-0.15, -0.1) is 0 Å². The summed E-state index contributed by atoms with van der Waals surface area (Å²) in [6.07, 6.45) is 5.01. The van der Waals surface area contributed by atoms with Gasteiger partial charge in [-0.1, -0.05) is 17.7 Å². The van der Waals surface area contributed by atoms with E-state index in [9.17, 15) is 19.1 Å². The molecule has 190 valence electrons. The molecular weight excluding hydrogens is 485 g/mol. The number of nitrogens with two attached hydrogens (primary N) is 1. The third-order valence-corrected chi connectivity index (χ3v) is 7.84. The van der Waals surface area contributed by atoms with Crippen LogP contribution in [0.25, 0.3) is 5.70 Å². The van der Waals surface area contributed by atoms with E-state index in [4.69, 9.17) is 22.1 Å². The van der Waals surface area contributed by atoms with Crippen molar-refractivity contribution >= 4 is 34.9 Å². The van der Waals surface area contributed by atoms with Crippen molar-refractivity contribution in [3.05, 3.63) is 63.6 Å². The third-order valence-electron chi connectivity index (χ3n) is 7.52. The van der Waals surface area contributed by atoms with Gasteiger partial charge in [-0.25, -0.2) is 14.2 Å². The number of hydrogen-bond acceptors (Lipinski definition) is 6. The van der Waals surface area contributed by atoms with Crippen LogP contribution >= 0.6 is 11.6 Å². The van der Waals surface area contributed by atoms with Gasteiger partial charge >= 0.3 is 5.97 Å². The Balaban J connectivity index is 1.32. The normalized spacial score (nSPS) is 24.0. The number of Topliss-reactive ketones (excluding diaryl/α,β-unsaturated/α-hetero) is 1. The molecule has 1 aromatic carbocycles. The first kappa shape index (κ1) is 24.7. The standard InChI is InChI=1S/C27H29ClFN3O4/c1-14-19(27(34)35)9-10-23(31-14)32-16-7-8-17(32)12-18(11-16)36-13-20(26(33)15-5-6-15)25(30)24-21(28)3-2-4-22(24)29/h2-4,9-10,15-18H,5-8,11-13,30H2,1H3,(H,34,35)/t16-,17?,18?/m0/s1. The van der Waals surface area contributed by atoms with Gasteiger partial charge in [0.25, 0.3) is 0 Å². The lowest BCUT2D eigenvalue weighted by molar-refractivity contribution is -0.117. The second-order valence-corrected chi connectivity index (χ2v) is 10.3. The number of carbonyl (C=O) groups excluding carboxylic acids is 1. The Morgan fingerprint density at radius 1 is 1.17 bits per heavy atom. The highest BCUT2D eigenvalue weighted by Crippen LogP contribution is 2.41. The monoisotopic (exact) mass is 513 g/mol. The number of carbonyl (C=O) groups is 2. The highest BCUT2D eigenvalue weighted by atomic mass is 35.5. The van der Waals surface area contributed by atoms with E-state index in [1.807, 2.05) is 0 Å². The molecule has 9 heteroatoms. The van der Waals surface area contributed by atoms with Gasteiger partial charge in [0.05, 0.1) is 40.3 Å². The fraction of sp³-hybridized carbons (Fsp3) is 0.444. The van der Waals surface area contributed by atoms with E-state index in [-0.39, 0.29) is 58.3 Å². The van der Waals surface area contributed by atoms with Crippen molar-refractivity contribution in [3.63, 3.8) is 0 Å². The number of ketones is 1. The Labute approximate surface area is 214 Å². The highest BCUT2D eigenvalue weighted by Gasteiger charge is 2.42. The number of carboxylic acid groups (broad SMARTS) is 1. The van der Waals surface area contributed by atoms with Gasteiger partial charge in [-0.2, -0.15) is 0 Å². The van der Waals surface area contributed by atoms with E-state index in [1.165, 1.54) is 12.1 Å². The lowest BCUT2D eigenvalue weighted by Crippen LogP contribution is -2.46. The molecule has 3 heterocycles. The summed E-state index contributed by atoms with van der Waals surface area (Å²) in [6.45, 7) is 1.72. The summed E-state index contributed by atoms with van der Waals surface area (Å²) < 4.78 is 20.8. The third kappa shape index (κ3) is 4.72. The van der Waals surface area contributed by atoms with E-state index < -0.39 is 11.8 Å². The largest absolute Gasteiger partial charge is 0.478 e. The molecule has 2 aliphatic heterocycles. The highest BCUT2D eigenvalue weighted by molar-refractivity contribution is 6.32. The number of rotatable bonds is 8. The summed E-state index contributed by atoms with van der Waals surface area (Å²) in [7, 11) is 0. The summed E-state index contributed by atoms with van der Waals surface area (Å²) in [4.78, 5) is 31.3. The van der Waals surface area contributed by atoms with E-state index in [2.05, 4.69) is 9.88 Å². The average molecular weight is 514 g/mol. The smallest absolute Gasteiger partial charge is 0.337 e. The summed E-state index contributed by atoms with van der Waals surface area (Å²) in [5.41, 5.74) is 7.42. The predicted molar refractivity (Wildman–Crippen MR) is 134 cm³/mol. The molecule has 1 aromatic heterocycles. The number of fused-ring (bicyclic) bond motifs is 2. The lowest BCUT2D eigenvalue weighted by atomic mass is 9.98. The number of aromatic carboxylic acids is 1. The molecule has 2 unspecified atom stereocenters. The fourth-order valence-corrected chi connectivity index (χ4v) is 5.80. The van der Waals surface area contributed by atoms with Crippen LogP contribution in [0.1, 0.15) is 60.1 Å². The van der Waals surface area contributed by atoms with Crippen LogP contribution in [0.2, 0.25) is 5.02 Å². The molecule has 0 spiro atoms. The molecule has 5 rings (SSSR count). The Bertz CT molecular complexity index is 1210. The van der Waals surface area contributed by atoms with Crippen LogP contribution in [-0.4, -0.2) is 46.6 Å². The maximum atomic E-state index is 14.6. The first-order valence-corrected chi connectivity index (χ1v) is 12.7. The van der Waals surface area contributed by atoms with Crippen molar-refractivity contribution in [1.82, 2.24) is 4.98 Å². The quantitative estimate of drug-likeness (QED) is 0.491. The number of pyridine rings is 1. The lowest BCUT2D eigenvalue weighted by Gasteiger charge is -2.40. The molecule has 3 fully saturated rings. The average Bonchev–Trinajstić information content (AvgIpc) is 3.64. The van der Waals surface area contributed by atoms with Gasteiger partial charge < -0.3 is 20.5 Å². The molecule has 2 bridgehead atoms. The van der Waals surface area contributed by atoms with Crippen LogP contribution in [0, 0.1) is 18.7 Å². The van der Waals surface area contributed by atoms with Gasteiger partial charge in [-0.3, -0.25) is 4.79 Å². The minimum Gasteiger partial charge on any atom is -0.478 e. The van der Waals surface area contributed by atoms with Crippen LogP contribution in [0.4, 0.5) is 10.2 Å². The zero-order valence-corrected chi connectivity index (χ0v) is 20.8. The number of benzene rings is 1. The molecule has 3 aliphatic rings. The summed E-state index contributed by atoms with van der Waals surface area (Å²) >= 11 is 6.23. The second-order valence-electron chi connectivity index (χ2n) is 9.93. The van der Waals surface area contributed by atoms with Crippen LogP contribution in [-0.2, 0) is 9.53 Å². The number of carboxylic acids is 1. The molecular formula is C27H29ClFN3O4. The summed E-state index contributed by atoms with van der Waals surface area (Å²) in [5.74, 6) is -0.947. The van der Waals surface area contributed by atoms with Crippen LogP contribution in [0.5, 0.6) is 0 Å². The minimum absolute atomic E-state index is 0.0145. The zero-order chi connectivity index (χ0) is 25.6. The van der Waals surface area contributed by atoms with Gasteiger partial charge in [0.15, 0.2) is 5.78 Å². The van der Waals surface area contributed by atoms with Gasteiger partial charge in [0, 0.05) is 23.6 Å². The summed E-state index contributed by atoms with van der Waals surface area (Å²) in [5, 5.41) is 9.47. The topological polar surface area (TPSA) is 106 Å². The van der Waals surface area contributed by atoms with Gasteiger partial charge in [0.1, 0.15) is 11.6 Å². The van der Waals surface area contributed by atoms with E-state index >= 15 is 0 Å². The summed E-state index contributed by atoms with van der Waals surface area (Å²) in [6, 6.07) is 8.14. The molecule has 0 radical (unpaired) electrons. The Morgan fingerprint density at radius 3 is 2.44 bits per heavy atom. The Morgan fingerprint density at radius 2 is 1.86 bits per heavy atom. The van der Waals surface area contributed by atoms with Crippen molar-refractivity contribution < 1.29 is 23.8 Å². The van der Waals surface area contributed by atoms with Gasteiger partial charge in [0.2, 0.25) is 0 Å². The fourth-order valence-electron chi connectivity index (χ4n) is 5.54. The molecule has 3 atom stereocenters. The van der Waals surface area contributed by atoms with Crippen LogP contribution < -0.4 is 10.6 Å². The van der Waals surface area contributed by atoms with E-state index in [0.29, 0.717) is 11.3 Å². The maximum absolute atomic E-state index is 14.6. The molecule has 1 aliphatic carbocycles. The predicted octanol–water partition coefficient (Wildman–Crippen LogP) is 4.75. The minimum atomic E-state index is -0.984. The zero-order valence-electron chi connectivity index (χ0n) is 20.0. The van der Waals surface area contributed by atoms with E-state index in [1.54, 1.807) is 25.1 Å². The Kier molecular flexibility index (Phi) is 6.74. The molecule has 36 heavy (non-hydrogen) atoms. The SMILES string of the molecule is Cc1nc(N2C3CC[C@H]2CC(OCC(C(=O)C2CC2)=C(N)c2c(F)cccc2Cl)C3)ccc1C(=O)O. The number of anilines is 1. The number of piperidine rings is 1. The molecule has 2 saturated heterocycles. The van der Waals surface area contributed by atoms with Crippen molar-refractivity contribution in [2.24, 2.45) is 11.7 Å². The number of hydrogen-bond donors (Lipinski definition) is 2. The molecule has 7 nitrogen and oxygen atoms in total. The van der Waals surface area contributed by atoms with Crippen molar-refractivity contribution in [1.29, 1.82) is 0 Å². The first-order chi connectivity index (χ1) is 17.2.